The van der Waals surface area contributed by atoms with Crippen LogP contribution in [0.1, 0.15) is 19.3 Å². The van der Waals surface area contributed by atoms with E-state index in [9.17, 15) is 9.50 Å². The summed E-state index contributed by atoms with van der Waals surface area (Å²) in [5, 5.41) is 22.6. The first-order valence-corrected chi connectivity index (χ1v) is 10.7. The highest BCUT2D eigenvalue weighted by atomic mass is 19.1. The van der Waals surface area contributed by atoms with Crippen molar-refractivity contribution in [2.24, 2.45) is 0 Å². The van der Waals surface area contributed by atoms with Gasteiger partial charge in [-0.3, -0.25) is 0 Å². The molecule has 0 spiro atoms. The number of alkyl halides is 1. The molecule has 9 heteroatoms. The van der Waals surface area contributed by atoms with Gasteiger partial charge in [-0.2, -0.15) is 0 Å². The number of hydrogen-bond acceptors (Lipinski definition) is 8. The van der Waals surface area contributed by atoms with Gasteiger partial charge < -0.3 is 20.1 Å². The van der Waals surface area contributed by atoms with Gasteiger partial charge in [-0.1, -0.05) is 6.07 Å². The Morgan fingerprint density at radius 3 is 2.75 bits per heavy atom. The third-order valence-corrected chi connectivity index (χ3v) is 6.08. The van der Waals surface area contributed by atoms with E-state index in [1.807, 2.05) is 18.2 Å². The van der Waals surface area contributed by atoms with E-state index < -0.39 is 5.67 Å². The highest BCUT2D eigenvalue weighted by Crippen LogP contribution is 2.39. The second-order valence-electron chi connectivity index (χ2n) is 8.42. The monoisotopic (exact) mass is 436 g/mol. The van der Waals surface area contributed by atoms with Crippen LogP contribution in [0.25, 0.3) is 22.5 Å². The summed E-state index contributed by atoms with van der Waals surface area (Å²) in [7, 11) is 1.54. The van der Waals surface area contributed by atoms with Crippen molar-refractivity contribution in [3.05, 3.63) is 42.7 Å². The van der Waals surface area contributed by atoms with Crippen molar-refractivity contribution in [2.75, 3.05) is 31.6 Å². The number of halogens is 1. The number of anilines is 1. The predicted molar refractivity (Wildman–Crippen MR) is 118 cm³/mol. The third kappa shape index (κ3) is 4.34. The Bertz CT molecular complexity index is 1110. The van der Waals surface area contributed by atoms with E-state index in [0.717, 1.165) is 30.9 Å². The molecule has 1 aliphatic heterocycles. The normalized spacial score (nSPS) is 19.2. The average Bonchev–Trinajstić information content (AvgIpc) is 3.37. The summed E-state index contributed by atoms with van der Waals surface area (Å²) in [5.74, 6) is 1.33. The molecule has 0 amide bonds. The Kier molecular flexibility index (Phi) is 5.34. The van der Waals surface area contributed by atoms with Gasteiger partial charge in [0.2, 0.25) is 5.88 Å². The smallest absolute Gasteiger partial charge is 0.216 e. The van der Waals surface area contributed by atoms with Gasteiger partial charge in [0.15, 0.2) is 5.82 Å². The Morgan fingerprint density at radius 2 is 2.03 bits per heavy atom. The van der Waals surface area contributed by atoms with Crippen molar-refractivity contribution in [1.29, 1.82) is 0 Å². The molecular weight excluding hydrogens is 411 g/mol. The fourth-order valence-corrected chi connectivity index (χ4v) is 3.93. The van der Waals surface area contributed by atoms with Crippen LogP contribution in [-0.2, 0) is 0 Å². The number of phenolic OH excluding ortho intramolecular Hbond substituents is 1. The number of nitrogens with zero attached hydrogens (tertiary/aromatic N) is 5. The van der Waals surface area contributed by atoms with Gasteiger partial charge in [0.05, 0.1) is 18.5 Å². The third-order valence-electron chi connectivity index (χ3n) is 6.08. The lowest BCUT2D eigenvalue weighted by atomic mass is 10.1. The summed E-state index contributed by atoms with van der Waals surface area (Å²) in [6, 6.07) is 11.0. The van der Waals surface area contributed by atoms with Gasteiger partial charge in [0, 0.05) is 42.9 Å². The van der Waals surface area contributed by atoms with Crippen molar-refractivity contribution < 1.29 is 14.2 Å². The number of ether oxygens (including phenoxy) is 1. The fraction of sp³-hybridized carbons (Fsp3) is 0.391. The molecule has 32 heavy (non-hydrogen) atoms. The maximum Gasteiger partial charge on any atom is 0.216 e. The molecule has 3 aromatic rings. The van der Waals surface area contributed by atoms with Crippen LogP contribution in [0, 0.1) is 0 Å². The van der Waals surface area contributed by atoms with Crippen molar-refractivity contribution in [1.82, 2.24) is 25.5 Å². The molecule has 1 saturated heterocycles. The summed E-state index contributed by atoms with van der Waals surface area (Å²) in [6.45, 7) is 2.08. The Morgan fingerprint density at radius 1 is 1.16 bits per heavy atom. The van der Waals surface area contributed by atoms with Gasteiger partial charge in [0.1, 0.15) is 17.7 Å². The maximum atomic E-state index is 13.8. The lowest BCUT2D eigenvalue weighted by Crippen LogP contribution is -2.37. The van der Waals surface area contributed by atoms with Crippen LogP contribution >= 0.6 is 0 Å². The highest BCUT2D eigenvalue weighted by molar-refractivity contribution is 5.73. The number of benzene rings is 1. The first kappa shape index (κ1) is 20.6. The lowest BCUT2D eigenvalue weighted by molar-refractivity contribution is 0.286. The zero-order valence-electron chi connectivity index (χ0n) is 17.8. The van der Waals surface area contributed by atoms with E-state index >= 15 is 0 Å². The number of nitrogens with one attached hydrogen (secondary N) is 1. The average molecular weight is 436 g/mol. The maximum absolute atomic E-state index is 13.8. The lowest BCUT2D eigenvalue weighted by Gasteiger charge is -2.18. The molecule has 1 aromatic carbocycles. The minimum atomic E-state index is -0.980. The largest absolute Gasteiger partial charge is 0.507 e. The van der Waals surface area contributed by atoms with Crippen LogP contribution in [-0.4, -0.2) is 63.7 Å². The number of rotatable bonds is 7. The molecule has 3 heterocycles. The van der Waals surface area contributed by atoms with E-state index in [0.29, 0.717) is 42.2 Å². The zero-order chi connectivity index (χ0) is 22.1. The summed E-state index contributed by atoms with van der Waals surface area (Å²) < 4.78 is 19.0. The van der Waals surface area contributed by atoms with E-state index in [-0.39, 0.29) is 11.8 Å². The Balaban J connectivity index is 1.26. The van der Waals surface area contributed by atoms with E-state index in [1.165, 1.54) is 6.33 Å². The van der Waals surface area contributed by atoms with Crippen LogP contribution in [0.4, 0.5) is 10.2 Å². The van der Waals surface area contributed by atoms with Gasteiger partial charge in [0.25, 0.3) is 0 Å². The second-order valence-corrected chi connectivity index (χ2v) is 8.42. The summed E-state index contributed by atoms with van der Waals surface area (Å²) in [5.41, 5.74) is 1.59. The van der Waals surface area contributed by atoms with Crippen molar-refractivity contribution in [2.45, 2.75) is 31.0 Å². The number of phenols is 1. The molecule has 166 valence electrons. The molecular formula is C23H25FN6O2. The van der Waals surface area contributed by atoms with E-state index in [1.54, 1.807) is 25.3 Å². The van der Waals surface area contributed by atoms with Gasteiger partial charge in [-0.15, -0.1) is 10.2 Å². The molecule has 2 fully saturated rings. The van der Waals surface area contributed by atoms with Crippen LogP contribution in [0.2, 0.25) is 0 Å². The summed E-state index contributed by atoms with van der Waals surface area (Å²) in [6.07, 6.45) is 3.72. The summed E-state index contributed by atoms with van der Waals surface area (Å²) >= 11 is 0. The molecule has 1 aliphatic carbocycles. The first-order chi connectivity index (χ1) is 15.5. The molecule has 1 atom stereocenters. The molecule has 5 rings (SSSR count). The topological polar surface area (TPSA) is 96.3 Å². The summed E-state index contributed by atoms with van der Waals surface area (Å²) in [4.78, 5) is 10.4. The van der Waals surface area contributed by atoms with Crippen LogP contribution in [0.3, 0.4) is 0 Å². The molecule has 2 N–H and O–H groups in total. The number of aromatic hydroxyl groups is 1. The van der Waals surface area contributed by atoms with Crippen LogP contribution < -0.4 is 15.0 Å². The van der Waals surface area contributed by atoms with Gasteiger partial charge in [-0.05, 0) is 43.5 Å². The quantitative estimate of drug-likeness (QED) is 0.584. The molecule has 1 unspecified atom stereocenters. The van der Waals surface area contributed by atoms with Crippen LogP contribution in [0.5, 0.6) is 11.6 Å². The Labute approximate surface area is 185 Å². The minimum Gasteiger partial charge on any atom is -0.507 e. The highest BCUT2D eigenvalue weighted by Gasteiger charge is 2.43. The standard InChI is InChI=1S/C23H25FN6O2/c1-32-22-11-19(26-14-27-22)15-2-3-17(20(31)10-15)18-4-5-21(29-28-18)30-9-6-16(12-30)25-13-23(24)7-8-23/h2-5,10-11,14,16,25,31H,6-9,12-13H2,1H3. The molecule has 2 aliphatic rings. The van der Waals surface area contributed by atoms with Crippen molar-refractivity contribution in [3.8, 4) is 34.1 Å². The van der Waals surface area contributed by atoms with Gasteiger partial charge >= 0.3 is 0 Å². The predicted octanol–water partition coefficient (Wildman–Crippen LogP) is 2.99. The number of aromatic nitrogens is 4. The van der Waals surface area contributed by atoms with E-state index in [4.69, 9.17) is 4.74 Å². The fourth-order valence-electron chi connectivity index (χ4n) is 3.93. The zero-order valence-corrected chi connectivity index (χ0v) is 17.8. The molecule has 1 saturated carbocycles. The van der Waals surface area contributed by atoms with Crippen molar-refractivity contribution in [3.63, 3.8) is 0 Å². The molecule has 0 bridgehead atoms. The van der Waals surface area contributed by atoms with Gasteiger partial charge in [-0.25, -0.2) is 14.4 Å². The van der Waals surface area contributed by atoms with Crippen molar-refractivity contribution >= 4 is 5.82 Å². The number of methoxy groups -OCH3 is 1. The minimum absolute atomic E-state index is 0.0905. The first-order valence-electron chi connectivity index (χ1n) is 10.7. The second kappa shape index (κ2) is 8.31. The Hall–Kier alpha value is -3.33. The molecule has 8 nitrogen and oxygen atoms in total. The van der Waals surface area contributed by atoms with E-state index in [2.05, 4.69) is 30.4 Å². The SMILES string of the molecule is COc1cc(-c2ccc(-c3ccc(N4CCC(NCC5(F)CC5)C4)nn3)c(O)c2)ncn1. The molecule has 0 radical (unpaired) electrons. The van der Waals surface area contributed by atoms with Crippen LogP contribution in [0.15, 0.2) is 42.7 Å². The molecule has 2 aromatic heterocycles. The number of hydrogen-bond donors (Lipinski definition) is 2.